The number of benzene rings is 1. The fourth-order valence-electron chi connectivity index (χ4n) is 2.52. The Morgan fingerprint density at radius 2 is 2.13 bits per heavy atom. The molecule has 1 saturated heterocycles. The summed E-state index contributed by atoms with van der Waals surface area (Å²) in [5, 5.41) is 3.50. The minimum atomic E-state index is -3.85. The highest BCUT2D eigenvalue weighted by atomic mass is 35.5. The normalized spacial score (nSPS) is 21.3. The molecule has 2 rings (SSSR count). The quantitative estimate of drug-likeness (QED) is 0.777. The average molecular weight is 383 g/mol. The van der Waals surface area contributed by atoms with E-state index in [9.17, 15) is 13.2 Å². The molecular formula is C14H20Cl2N2O4S. The van der Waals surface area contributed by atoms with E-state index in [1.54, 1.807) is 0 Å². The van der Waals surface area contributed by atoms with Gasteiger partial charge in [-0.2, -0.15) is 0 Å². The van der Waals surface area contributed by atoms with Crippen molar-refractivity contribution in [1.82, 2.24) is 10.0 Å². The van der Waals surface area contributed by atoms with Gasteiger partial charge in [0.05, 0.1) is 17.6 Å². The lowest BCUT2D eigenvalue weighted by Gasteiger charge is -2.28. The maximum atomic E-state index is 12.6. The molecule has 1 aromatic rings. The summed E-state index contributed by atoms with van der Waals surface area (Å²) in [6.45, 7) is 2.74. The number of piperidine rings is 1. The first-order valence-corrected chi connectivity index (χ1v) is 8.83. The zero-order valence-electron chi connectivity index (χ0n) is 12.8. The van der Waals surface area contributed by atoms with E-state index >= 15 is 0 Å². The number of carbonyl (C=O) groups excluding carboxylic acids is 1. The lowest BCUT2D eigenvalue weighted by Crippen LogP contribution is -2.46. The smallest absolute Gasteiger partial charge is 0.339 e. The zero-order chi connectivity index (χ0) is 16.3. The maximum absolute atomic E-state index is 12.6. The Kier molecular flexibility index (Phi) is 7.29. The third-order valence-electron chi connectivity index (χ3n) is 3.58. The molecule has 2 unspecified atom stereocenters. The van der Waals surface area contributed by atoms with Crippen LogP contribution in [0.25, 0.3) is 0 Å². The lowest BCUT2D eigenvalue weighted by atomic mass is 10.0. The molecule has 0 bridgehead atoms. The second kappa shape index (κ2) is 8.30. The lowest BCUT2D eigenvalue weighted by molar-refractivity contribution is 0.0596. The fraction of sp³-hybridized carbons (Fsp3) is 0.500. The summed E-state index contributed by atoms with van der Waals surface area (Å²) in [6, 6.07) is 4.14. The predicted molar refractivity (Wildman–Crippen MR) is 90.8 cm³/mol. The highest BCUT2D eigenvalue weighted by molar-refractivity contribution is 7.89. The molecular weight excluding hydrogens is 363 g/mol. The van der Waals surface area contributed by atoms with Gasteiger partial charge in [0.15, 0.2) is 0 Å². The highest BCUT2D eigenvalue weighted by Gasteiger charge is 2.28. The predicted octanol–water partition coefficient (Wildman–Crippen LogP) is 1.97. The van der Waals surface area contributed by atoms with Crippen LogP contribution in [0.2, 0.25) is 5.02 Å². The van der Waals surface area contributed by atoms with Crippen molar-refractivity contribution in [3.8, 4) is 0 Å². The van der Waals surface area contributed by atoms with Crippen LogP contribution < -0.4 is 10.0 Å². The van der Waals surface area contributed by atoms with Crippen molar-refractivity contribution < 1.29 is 17.9 Å². The summed E-state index contributed by atoms with van der Waals surface area (Å²) in [5.74, 6) is -0.712. The number of esters is 1. The number of halogens is 2. The molecule has 1 fully saturated rings. The van der Waals surface area contributed by atoms with Crippen LogP contribution in [0.4, 0.5) is 0 Å². The Labute approximate surface area is 147 Å². The van der Waals surface area contributed by atoms with Crippen molar-refractivity contribution in [3.05, 3.63) is 28.8 Å². The van der Waals surface area contributed by atoms with E-state index < -0.39 is 16.0 Å². The molecule has 2 N–H and O–H groups in total. The van der Waals surface area contributed by atoms with E-state index in [0.717, 1.165) is 6.54 Å². The Morgan fingerprint density at radius 1 is 1.43 bits per heavy atom. The highest BCUT2D eigenvalue weighted by Crippen LogP contribution is 2.23. The van der Waals surface area contributed by atoms with Crippen LogP contribution in [0.3, 0.4) is 0 Å². The summed E-state index contributed by atoms with van der Waals surface area (Å²) in [6.07, 6.45) is 1.38. The molecule has 6 nitrogen and oxygen atoms in total. The molecule has 1 aliphatic heterocycles. The molecule has 2 atom stereocenters. The van der Waals surface area contributed by atoms with Crippen molar-refractivity contribution in [2.75, 3.05) is 13.7 Å². The molecule has 9 heteroatoms. The van der Waals surface area contributed by atoms with Gasteiger partial charge < -0.3 is 10.1 Å². The van der Waals surface area contributed by atoms with Gasteiger partial charge >= 0.3 is 5.97 Å². The number of hydrogen-bond acceptors (Lipinski definition) is 5. The average Bonchev–Trinajstić information content (AvgIpc) is 2.46. The summed E-state index contributed by atoms with van der Waals surface area (Å²) >= 11 is 5.88. The van der Waals surface area contributed by atoms with Gasteiger partial charge in [-0.15, -0.1) is 12.4 Å². The van der Waals surface area contributed by atoms with E-state index in [1.807, 2.05) is 6.92 Å². The van der Waals surface area contributed by atoms with Crippen molar-refractivity contribution in [1.29, 1.82) is 0 Å². The largest absolute Gasteiger partial charge is 0.465 e. The summed E-state index contributed by atoms with van der Waals surface area (Å²) in [5.41, 5.74) is -0.0265. The SMILES string of the molecule is COC(=O)c1ccc(Cl)cc1S(=O)(=O)NC1CCNC(C)C1.Cl. The molecule has 0 amide bonds. The van der Waals surface area contributed by atoms with Gasteiger partial charge in [0.1, 0.15) is 0 Å². The molecule has 1 heterocycles. The fourth-order valence-corrected chi connectivity index (χ4v) is 4.26. The van der Waals surface area contributed by atoms with Gasteiger partial charge in [0, 0.05) is 17.1 Å². The van der Waals surface area contributed by atoms with E-state index in [4.69, 9.17) is 11.6 Å². The van der Waals surface area contributed by atoms with Gasteiger partial charge in [-0.25, -0.2) is 17.9 Å². The van der Waals surface area contributed by atoms with E-state index in [-0.39, 0.29) is 40.0 Å². The zero-order valence-corrected chi connectivity index (χ0v) is 15.2. The molecule has 1 aromatic carbocycles. The van der Waals surface area contributed by atoms with Crippen LogP contribution in [-0.4, -0.2) is 40.1 Å². The third kappa shape index (κ3) is 5.06. The summed E-state index contributed by atoms with van der Waals surface area (Å²) in [4.78, 5) is 11.6. The Morgan fingerprint density at radius 3 is 2.74 bits per heavy atom. The number of sulfonamides is 1. The molecule has 130 valence electrons. The first-order valence-electron chi connectivity index (χ1n) is 6.97. The van der Waals surface area contributed by atoms with Crippen LogP contribution in [0, 0.1) is 0 Å². The molecule has 0 aliphatic carbocycles. The molecule has 0 spiro atoms. The molecule has 1 aliphatic rings. The summed E-state index contributed by atoms with van der Waals surface area (Å²) < 4.78 is 32.5. The number of hydrogen-bond donors (Lipinski definition) is 2. The van der Waals surface area contributed by atoms with Crippen LogP contribution >= 0.6 is 24.0 Å². The second-order valence-electron chi connectivity index (χ2n) is 5.33. The topological polar surface area (TPSA) is 84.5 Å². The number of nitrogens with one attached hydrogen (secondary N) is 2. The number of rotatable bonds is 4. The number of methoxy groups -OCH3 is 1. The Balaban J connectivity index is 0.00000264. The number of carbonyl (C=O) groups is 1. The monoisotopic (exact) mass is 382 g/mol. The van der Waals surface area contributed by atoms with Crippen LogP contribution in [-0.2, 0) is 14.8 Å². The third-order valence-corrected chi connectivity index (χ3v) is 5.38. The van der Waals surface area contributed by atoms with E-state index in [2.05, 4.69) is 14.8 Å². The standard InChI is InChI=1S/C14H19ClN2O4S.ClH/c1-9-7-11(5-6-16-9)17-22(19,20)13-8-10(15)3-4-12(13)14(18)21-2;/h3-4,8-9,11,16-17H,5-7H2,1-2H3;1H. The second-order valence-corrected chi connectivity index (χ2v) is 7.45. The van der Waals surface area contributed by atoms with Gasteiger partial charge in [0.25, 0.3) is 0 Å². The minimum absolute atomic E-state index is 0. The van der Waals surface area contributed by atoms with Crippen LogP contribution in [0.1, 0.15) is 30.1 Å². The van der Waals surface area contributed by atoms with Crippen LogP contribution in [0.5, 0.6) is 0 Å². The van der Waals surface area contributed by atoms with Gasteiger partial charge in [0.2, 0.25) is 10.0 Å². The Bertz CT molecular complexity index is 667. The van der Waals surface area contributed by atoms with E-state index in [1.165, 1.54) is 25.3 Å². The van der Waals surface area contributed by atoms with Gasteiger partial charge in [-0.3, -0.25) is 0 Å². The molecule has 0 saturated carbocycles. The van der Waals surface area contributed by atoms with Crippen LogP contribution in [0.15, 0.2) is 23.1 Å². The first kappa shape index (κ1) is 20.2. The van der Waals surface area contributed by atoms with Gasteiger partial charge in [-0.1, -0.05) is 11.6 Å². The molecule has 23 heavy (non-hydrogen) atoms. The molecule has 0 radical (unpaired) electrons. The summed E-state index contributed by atoms with van der Waals surface area (Å²) in [7, 11) is -2.65. The van der Waals surface area contributed by atoms with Crippen molar-refractivity contribution >= 4 is 40.0 Å². The maximum Gasteiger partial charge on any atom is 0.339 e. The van der Waals surface area contributed by atoms with Gasteiger partial charge in [-0.05, 0) is 44.5 Å². The van der Waals surface area contributed by atoms with Crippen molar-refractivity contribution in [2.24, 2.45) is 0 Å². The van der Waals surface area contributed by atoms with Crippen molar-refractivity contribution in [2.45, 2.75) is 36.7 Å². The van der Waals surface area contributed by atoms with E-state index in [0.29, 0.717) is 12.8 Å². The first-order chi connectivity index (χ1) is 10.3. The molecule has 0 aromatic heterocycles. The number of ether oxygens (including phenoxy) is 1. The Hall–Kier alpha value is -0.860. The van der Waals surface area contributed by atoms with Crippen molar-refractivity contribution in [3.63, 3.8) is 0 Å². The minimum Gasteiger partial charge on any atom is -0.465 e.